The van der Waals surface area contributed by atoms with Crippen molar-refractivity contribution in [1.29, 1.82) is 0 Å². The van der Waals surface area contributed by atoms with E-state index in [-0.39, 0.29) is 0 Å². The summed E-state index contributed by atoms with van der Waals surface area (Å²) in [4.78, 5) is 0. The van der Waals surface area contributed by atoms with Gasteiger partial charge in [-0.2, -0.15) is 0 Å². The Morgan fingerprint density at radius 1 is 0.923 bits per heavy atom. The molecule has 0 aromatic carbocycles. The first-order valence-corrected chi connectivity index (χ1v) is 6.15. The predicted molar refractivity (Wildman–Crippen MR) is 57.9 cm³/mol. The second kappa shape index (κ2) is 12.1. The first-order valence-electron chi connectivity index (χ1n) is 4.74. The third-order valence-electron chi connectivity index (χ3n) is 1.97. The molecule has 0 N–H and O–H groups in total. The third kappa shape index (κ3) is 12.1. The minimum absolute atomic E-state index is 0.935. The Balaban J connectivity index is 0. The molecule has 0 heterocycles. The summed E-state index contributed by atoms with van der Waals surface area (Å²) < 4.78 is 14.2. The van der Waals surface area contributed by atoms with Gasteiger partial charge < -0.3 is 13.3 Å². The van der Waals surface area contributed by atoms with Gasteiger partial charge in [0.2, 0.25) is 0 Å². The Hall–Kier alpha value is 0.0969. The minimum atomic E-state index is -1.67. The summed E-state index contributed by atoms with van der Waals surface area (Å²) in [6, 6.07) is 0. The molecule has 3 nitrogen and oxygen atoms in total. The zero-order chi connectivity index (χ0) is 10.7. The van der Waals surface area contributed by atoms with E-state index in [0.717, 1.165) is 5.92 Å². The van der Waals surface area contributed by atoms with Crippen molar-refractivity contribution < 1.29 is 13.3 Å². The van der Waals surface area contributed by atoms with E-state index in [1.165, 1.54) is 12.8 Å². The highest BCUT2D eigenvalue weighted by molar-refractivity contribution is 6.36. The molecule has 0 aromatic heterocycles. The van der Waals surface area contributed by atoms with E-state index >= 15 is 0 Å². The topological polar surface area (TPSA) is 27.7 Å². The lowest BCUT2D eigenvalue weighted by atomic mass is 10.1. The van der Waals surface area contributed by atoms with Crippen molar-refractivity contribution in [2.45, 2.75) is 33.6 Å². The molecule has 0 atom stereocenters. The fourth-order valence-electron chi connectivity index (χ4n) is 0.577. The van der Waals surface area contributed by atoms with Gasteiger partial charge in [0.05, 0.1) is 0 Å². The highest BCUT2D eigenvalue weighted by atomic mass is 28.3. The van der Waals surface area contributed by atoms with Crippen molar-refractivity contribution in [1.82, 2.24) is 0 Å². The van der Waals surface area contributed by atoms with Gasteiger partial charge in [0.1, 0.15) is 0 Å². The molecule has 0 aliphatic heterocycles. The van der Waals surface area contributed by atoms with Gasteiger partial charge in [-0.3, -0.25) is 0 Å². The zero-order valence-electron chi connectivity index (χ0n) is 9.79. The lowest BCUT2D eigenvalue weighted by Crippen LogP contribution is -2.21. The summed E-state index contributed by atoms with van der Waals surface area (Å²) in [5.74, 6) is 0.935. The number of hydrogen-bond acceptors (Lipinski definition) is 3. The van der Waals surface area contributed by atoms with Crippen LogP contribution in [-0.2, 0) is 13.3 Å². The van der Waals surface area contributed by atoms with Gasteiger partial charge in [-0.15, -0.1) is 0 Å². The molecule has 0 amide bonds. The Kier molecular flexibility index (Phi) is 14.5. The van der Waals surface area contributed by atoms with E-state index in [4.69, 9.17) is 13.3 Å². The Bertz CT molecular complexity index is 77.4. The largest absolute Gasteiger partial charge is 0.483 e. The van der Waals surface area contributed by atoms with E-state index in [1.54, 1.807) is 21.3 Å². The van der Waals surface area contributed by atoms with Crippen LogP contribution in [0.15, 0.2) is 0 Å². The van der Waals surface area contributed by atoms with Gasteiger partial charge in [0.15, 0.2) is 0 Å². The maximum Gasteiger partial charge on any atom is 0.483 e. The molecule has 0 saturated carbocycles. The van der Waals surface area contributed by atoms with E-state index in [2.05, 4.69) is 20.8 Å². The highest BCUT2D eigenvalue weighted by Crippen LogP contribution is 2.02. The van der Waals surface area contributed by atoms with Crippen LogP contribution in [0.1, 0.15) is 33.6 Å². The Labute approximate surface area is 84.4 Å². The molecule has 0 spiro atoms. The lowest BCUT2D eigenvalue weighted by molar-refractivity contribution is 0.163. The third-order valence-corrected chi connectivity index (χ3v) is 3.13. The number of hydrogen-bond donors (Lipinski definition) is 0. The molecule has 0 aliphatic carbocycles. The normalized spacial score (nSPS) is 10.2. The quantitative estimate of drug-likeness (QED) is 0.648. The van der Waals surface area contributed by atoms with Crippen LogP contribution in [0, 0.1) is 5.92 Å². The standard InChI is InChI=1S/C6H14.C3H10O3Si/c1-4-6(3)5-2;1-4-7(5-2)6-3/h6H,4-5H2,1-3H3;7H,1-3H3. The van der Waals surface area contributed by atoms with Crippen molar-refractivity contribution in [3.63, 3.8) is 0 Å². The zero-order valence-corrected chi connectivity index (χ0v) is 10.9. The Morgan fingerprint density at radius 3 is 1.23 bits per heavy atom. The van der Waals surface area contributed by atoms with Gasteiger partial charge >= 0.3 is 9.53 Å². The van der Waals surface area contributed by atoms with E-state index in [1.807, 2.05) is 0 Å². The first-order chi connectivity index (χ1) is 6.15. The van der Waals surface area contributed by atoms with E-state index < -0.39 is 9.53 Å². The number of rotatable bonds is 5. The average Bonchev–Trinajstić information content (AvgIpc) is 2.20. The summed E-state index contributed by atoms with van der Waals surface area (Å²) >= 11 is 0. The lowest BCUT2D eigenvalue weighted by Gasteiger charge is -2.05. The van der Waals surface area contributed by atoms with Crippen LogP contribution >= 0.6 is 0 Å². The van der Waals surface area contributed by atoms with Crippen LogP contribution in [0.4, 0.5) is 0 Å². The maximum atomic E-state index is 4.74. The van der Waals surface area contributed by atoms with Crippen molar-refractivity contribution in [2.24, 2.45) is 5.92 Å². The van der Waals surface area contributed by atoms with Gasteiger partial charge in [0.25, 0.3) is 0 Å². The van der Waals surface area contributed by atoms with Crippen molar-refractivity contribution in [2.75, 3.05) is 21.3 Å². The van der Waals surface area contributed by atoms with Crippen LogP contribution in [0.5, 0.6) is 0 Å². The minimum Gasteiger partial charge on any atom is -0.379 e. The monoisotopic (exact) mass is 208 g/mol. The van der Waals surface area contributed by atoms with Crippen LogP contribution in [0.25, 0.3) is 0 Å². The molecule has 0 radical (unpaired) electrons. The molecular weight excluding hydrogens is 184 g/mol. The summed E-state index contributed by atoms with van der Waals surface area (Å²) in [6.07, 6.45) is 2.66. The van der Waals surface area contributed by atoms with Crippen LogP contribution in [0.2, 0.25) is 0 Å². The molecule has 0 rings (SSSR count). The van der Waals surface area contributed by atoms with Crippen LogP contribution in [-0.4, -0.2) is 30.9 Å². The molecule has 0 aromatic rings. The van der Waals surface area contributed by atoms with E-state index in [9.17, 15) is 0 Å². The fraction of sp³-hybridized carbons (Fsp3) is 1.00. The fourth-order valence-corrected chi connectivity index (χ4v) is 1.15. The SMILES string of the molecule is CCC(C)CC.CO[SiH](OC)OC. The van der Waals surface area contributed by atoms with Gasteiger partial charge in [-0.1, -0.05) is 33.6 Å². The van der Waals surface area contributed by atoms with Gasteiger partial charge in [-0.25, -0.2) is 0 Å². The molecule has 0 fully saturated rings. The van der Waals surface area contributed by atoms with Crippen molar-refractivity contribution in [3.8, 4) is 0 Å². The molecular formula is C9H24O3Si. The first kappa shape index (κ1) is 15.6. The summed E-state index contributed by atoms with van der Waals surface area (Å²) in [7, 11) is 3.05. The molecule has 0 saturated heterocycles. The second-order valence-corrected chi connectivity index (χ2v) is 4.91. The molecule has 0 aliphatic rings. The average molecular weight is 208 g/mol. The molecule has 82 valence electrons. The molecule has 4 heteroatoms. The second-order valence-electron chi connectivity index (χ2n) is 2.92. The van der Waals surface area contributed by atoms with Crippen LogP contribution in [0.3, 0.4) is 0 Å². The highest BCUT2D eigenvalue weighted by Gasteiger charge is 2.04. The summed E-state index contributed by atoms with van der Waals surface area (Å²) in [6.45, 7) is 6.74. The van der Waals surface area contributed by atoms with Crippen LogP contribution < -0.4 is 0 Å². The maximum absolute atomic E-state index is 4.74. The summed E-state index contributed by atoms with van der Waals surface area (Å²) in [5.41, 5.74) is 0. The smallest absolute Gasteiger partial charge is 0.379 e. The van der Waals surface area contributed by atoms with Crippen molar-refractivity contribution >= 4 is 9.53 Å². The molecule has 0 unspecified atom stereocenters. The van der Waals surface area contributed by atoms with Crippen molar-refractivity contribution in [3.05, 3.63) is 0 Å². The van der Waals surface area contributed by atoms with E-state index in [0.29, 0.717) is 0 Å². The van der Waals surface area contributed by atoms with Gasteiger partial charge in [-0.05, 0) is 5.92 Å². The predicted octanol–water partition coefficient (Wildman–Crippen LogP) is 2.09. The molecule has 13 heavy (non-hydrogen) atoms. The Morgan fingerprint density at radius 2 is 1.23 bits per heavy atom. The molecule has 0 bridgehead atoms. The van der Waals surface area contributed by atoms with Gasteiger partial charge in [0, 0.05) is 21.3 Å². The summed E-state index contributed by atoms with van der Waals surface area (Å²) in [5, 5.41) is 0.